The van der Waals surface area contributed by atoms with E-state index < -0.39 is 5.79 Å². The second-order valence-corrected chi connectivity index (χ2v) is 8.20. The van der Waals surface area contributed by atoms with E-state index in [1.54, 1.807) is 0 Å². The van der Waals surface area contributed by atoms with Crippen LogP contribution in [0, 0.1) is 0 Å². The first kappa shape index (κ1) is 17.4. The molecule has 1 amide bonds. The smallest absolute Gasteiger partial charge is 0.251 e. The molecule has 0 atom stereocenters. The summed E-state index contributed by atoms with van der Waals surface area (Å²) in [6.45, 7) is 0. The van der Waals surface area contributed by atoms with Crippen molar-refractivity contribution in [3.63, 3.8) is 0 Å². The molecule has 2 N–H and O–H groups in total. The summed E-state index contributed by atoms with van der Waals surface area (Å²) in [4.78, 5) is 20.0. The summed E-state index contributed by atoms with van der Waals surface area (Å²) in [7, 11) is 0. The molecule has 0 bridgehead atoms. The van der Waals surface area contributed by atoms with Crippen LogP contribution < -0.4 is 14.8 Å². The fourth-order valence-corrected chi connectivity index (χ4v) is 4.48. The molecular formula is C21H21N3O3S. The van der Waals surface area contributed by atoms with Crippen LogP contribution in [0.25, 0.3) is 11.0 Å². The molecule has 3 aromatic rings. The second kappa shape index (κ2) is 7.05. The van der Waals surface area contributed by atoms with Gasteiger partial charge in [0, 0.05) is 24.6 Å². The third kappa shape index (κ3) is 3.42. The zero-order valence-electron chi connectivity index (χ0n) is 15.4. The number of hydrogen-bond donors (Lipinski definition) is 2. The van der Waals surface area contributed by atoms with Crippen LogP contribution in [0.1, 0.15) is 32.1 Å². The van der Waals surface area contributed by atoms with Crippen molar-refractivity contribution in [3.05, 3.63) is 42.5 Å². The SMILES string of the molecule is O=C(CSc1nc2ccccc2[nH]1)Nc1ccc2c(c1)OC1(CCCCC1)O2. The van der Waals surface area contributed by atoms with Crippen LogP contribution >= 0.6 is 11.8 Å². The Hall–Kier alpha value is -2.67. The van der Waals surface area contributed by atoms with Gasteiger partial charge in [-0.25, -0.2) is 4.98 Å². The lowest BCUT2D eigenvalue weighted by atomic mass is 9.94. The van der Waals surface area contributed by atoms with Crippen molar-refractivity contribution in [2.75, 3.05) is 11.1 Å². The first-order valence-corrected chi connectivity index (χ1v) is 10.6. The van der Waals surface area contributed by atoms with Gasteiger partial charge in [-0.2, -0.15) is 0 Å². The average molecular weight is 395 g/mol. The van der Waals surface area contributed by atoms with Crippen LogP contribution in [0.15, 0.2) is 47.6 Å². The molecule has 7 heteroatoms. The van der Waals surface area contributed by atoms with Crippen molar-refractivity contribution >= 4 is 34.4 Å². The van der Waals surface area contributed by atoms with Gasteiger partial charge in [-0.3, -0.25) is 4.79 Å². The molecule has 0 radical (unpaired) electrons. The maximum atomic E-state index is 12.4. The lowest BCUT2D eigenvalue weighted by Crippen LogP contribution is -2.40. The fourth-order valence-electron chi connectivity index (χ4n) is 3.79. The molecule has 1 spiro atoms. The number of imidazole rings is 1. The zero-order chi connectivity index (χ0) is 19.0. The highest BCUT2D eigenvalue weighted by Crippen LogP contribution is 2.46. The van der Waals surface area contributed by atoms with E-state index in [2.05, 4.69) is 15.3 Å². The molecule has 1 aromatic heterocycles. The number of aromatic nitrogens is 2. The highest BCUT2D eigenvalue weighted by atomic mass is 32.2. The number of anilines is 1. The number of benzene rings is 2. The van der Waals surface area contributed by atoms with Gasteiger partial charge >= 0.3 is 0 Å². The van der Waals surface area contributed by atoms with Crippen molar-refractivity contribution in [1.82, 2.24) is 9.97 Å². The second-order valence-electron chi connectivity index (χ2n) is 7.23. The molecular weight excluding hydrogens is 374 g/mol. The molecule has 1 saturated carbocycles. The number of hydrogen-bond acceptors (Lipinski definition) is 5. The third-order valence-corrected chi connectivity index (χ3v) is 6.02. The third-order valence-electron chi connectivity index (χ3n) is 5.14. The van der Waals surface area contributed by atoms with Crippen LogP contribution in [0.3, 0.4) is 0 Å². The maximum absolute atomic E-state index is 12.4. The van der Waals surface area contributed by atoms with Gasteiger partial charge in [0.05, 0.1) is 16.8 Å². The Morgan fingerprint density at radius 2 is 1.93 bits per heavy atom. The number of aromatic amines is 1. The molecule has 6 nitrogen and oxygen atoms in total. The van der Waals surface area contributed by atoms with E-state index >= 15 is 0 Å². The topological polar surface area (TPSA) is 76.2 Å². The molecule has 0 saturated heterocycles. The molecule has 2 aliphatic rings. The van der Waals surface area contributed by atoms with Crippen LogP contribution in [-0.2, 0) is 4.79 Å². The molecule has 1 aliphatic carbocycles. The normalized spacial score (nSPS) is 17.1. The van der Waals surface area contributed by atoms with Gasteiger partial charge in [-0.1, -0.05) is 30.3 Å². The Morgan fingerprint density at radius 1 is 1.11 bits per heavy atom. The number of rotatable bonds is 4. The number of fused-ring (bicyclic) bond motifs is 2. The summed E-state index contributed by atoms with van der Waals surface area (Å²) in [6.07, 6.45) is 5.30. The number of carbonyl (C=O) groups excluding carboxylic acids is 1. The molecule has 28 heavy (non-hydrogen) atoms. The minimum absolute atomic E-state index is 0.0864. The minimum Gasteiger partial charge on any atom is -0.448 e. The number of para-hydroxylation sites is 2. The van der Waals surface area contributed by atoms with E-state index in [-0.39, 0.29) is 11.7 Å². The summed E-state index contributed by atoms with van der Waals surface area (Å²) < 4.78 is 12.2. The van der Waals surface area contributed by atoms with Crippen molar-refractivity contribution in [2.45, 2.75) is 43.0 Å². The standard InChI is InChI=1S/C21H21N3O3S/c25-19(13-28-20-23-15-6-2-3-7-16(15)24-20)22-14-8-9-17-18(12-14)27-21(26-17)10-4-1-5-11-21/h2-3,6-9,12H,1,4-5,10-11,13H2,(H,22,25)(H,23,24). The molecule has 1 fully saturated rings. The Bertz CT molecular complexity index is 994. The number of nitrogens with zero attached hydrogens (tertiary/aromatic N) is 1. The lowest BCUT2D eigenvalue weighted by molar-refractivity contribution is -0.113. The minimum atomic E-state index is -0.500. The van der Waals surface area contributed by atoms with Crippen LogP contribution in [0.4, 0.5) is 5.69 Å². The van der Waals surface area contributed by atoms with E-state index in [1.807, 2.05) is 42.5 Å². The van der Waals surface area contributed by atoms with E-state index in [4.69, 9.17) is 9.47 Å². The Kier molecular flexibility index (Phi) is 4.39. The zero-order valence-corrected chi connectivity index (χ0v) is 16.2. The quantitative estimate of drug-likeness (QED) is 0.625. The Balaban J connectivity index is 1.21. The van der Waals surface area contributed by atoms with Gasteiger partial charge < -0.3 is 19.8 Å². The van der Waals surface area contributed by atoms with Crippen molar-refractivity contribution < 1.29 is 14.3 Å². The molecule has 0 unspecified atom stereocenters. The molecule has 2 aromatic carbocycles. The lowest BCUT2D eigenvalue weighted by Gasteiger charge is -2.31. The van der Waals surface area contributed by atoms with Gasteiger partial charge in [-0.05, 0) is 37.1 Å². The van der Waals surface area contributed by atoms with Gasteiger partial charge in [0.2, 0.25) is 5.91 Å². The maximum Gasteiger partial charge on any atom is 0.251 e. The van der Waals surface area contributed by atoms with E-state index in [9.17, 15) is 4.79 Å². The average Bonchev–Trinajstić information content (AvgIpc) is 3.27. The van der Waals surface area contributed by atoms with Crippen molar-refractivity contribution in [2.24, 2.45) is 0 Å². The Labute approximate surface area is 167 Å². The Morgan fingerprint density at radius 3 is 2.79 bits per heavy atom. The summed E-state index contributed by atoms with van der Waals surface area (Å²) in [5.41, 5.74) is 2.58. The number of ether oxygens (including phenoxy) is 2. The van der Waals surface area contributed by atoms with Crippen molar-refractivity contribution in [3.8, 4) is 11.5 Å². The van der Waals surface area contributed by atoms with Gasteiger partial charge in [0.1, 0.15) is 0 Å². The first-order chi connectivity index (χ1) is 13.7. The van der Waals surface area contributed by atoms with Crippen molar-refractivity contribution in [1.29, 1.82) is 0 Å². The van der Waals surface area contributed by atoms with Crippen LogP contribution in [0.2, 0.25) is 0 Å². The predicted octanol–water partition coefficient (Wildman–Crippen LogP) is 4.73. The number of amides is 1. The number of nitrogens with one attached hydrogen (secondary N) is 2. The van der Waals surface area contributed by atoms with Gasteiger partial charge in [-0.15, -0.1) is 0 Å². The summed E-state index contributed by atoms with van der Waals surface area (Å²) >= 11 is 1.38. The molecule has 1 aliphatic heterocycles. The van der Waals surface area contributed by atoms with Crippen LogP contribution in [-0.4, -0.2) is 27.4 Å². The molecule has 5 rings (SSSR count). The fraction of sp³-hybridized carbons (Fsp3) is 0.333. The monoisotopic (exact) mass is 395 g/mol. The van der Waals surface area contributed by atoms with Crippen LogP contribution in [0.5, 0.6) is 11.5 Å². The van der Waals surface area contributed by atoms with E-state index in [0.717, 1.165) is 47.6 Å². The number of carbonyl (C=O) groups is 1. The summed E-state index contributed by atoms with van der Waals surface area (Å²) in [6, 6.07) is 13.4. The van der Waals surface area contributed by atoms with Gasteiger partial charge in [0.15, 0.2) is 16.7 Å². The number of thioether (sulfide) groups is 1. The highest BCUT2D eigenvalue weighted by Gasteiger charge is 2.42. The first-order valence-electron chi connectivity index (χ1n) is 9.59. The highest BCUT2D eigenvalue weighted by molar-refractivity contribution is 7.99. The summed E-state index contributed by atoms with van der Waals surface area (Å²) in [5, 5.41) is 3.67. The molecule has 2 heterocycles. The van der Waals surface area contributed by atoms with E-state index in [0.29, 0.717) is 11.4 Å². The van der Waals surface area contributed by atoms with Gasteiger partial charge in [0.25, 0.3) is 5.79 Å². The predicted molar refractivity (Wildman–Crippen MR) is 109 cm³/mol. The van der Waals surface area contributed by atoms with E-state index in [1.165, 1.54) is 18.2 Å². The number of H-pyrrole nitrogens is 1. The molecule has 144 valence electrons. The largest absolute Gasteiger partial charge is 0.448 e. The summed E-state index contributed by atoms with van der Waals surface area (Å²) in [5.74, 6) is 1.16.